The van der Waals surface area contributed by atoms with E-state index in [0.717, 1.165) is 18.1 Å². The van der Waals surface area contributed by atoms with Gasteiger partial charge >= 0.3 is 0 Å². The van der Waals surface area contributed by atoms with E-state index in [1.807, 2.05) is 19.1 Å². The summed E-state index contributed by atoms with van der Waals surface area (Å²) in [5.41, 5.74) is 6.27. The van der Waals surface area contributed by atoms with Gasteiger partial charge in [0.05, 0.1) is 5.56 Å². The van der Waals surface area contributed by atoms with Gasteiger partial charge in [-0.2, -0.15) is 0 Å². The van der Waals surface area contributed by atoms with E-state index in [-0.39, 0.29) is 18.5 Å². The number of carbonyl (C=O) groups is 3. The minimum absolute atomic E-state index is 0.0364. The fourth-order valence-electron chi connectivity index (χ4n) is 2.21. The summed E-state index contributed by atoms with van der Waals surface area (Å²) >= 11 is 3.17. The number of benzene rings is 2. The second-order valence-corrected chi connectivity index (χ2v) is 6.54. The summed E-state index contributed by atoms with van der Waals surface area (Å²) in [6, 6.07) is 10.8. The molecule has 3 amide bonds. The lowest BCUT2D eigenvalue weighted by atomic mass is 10.1. The second kappa shape index (κ2) is 9.82. The van der Waals surface area contributed by atoms with Gasteiger partial charge < -0.3 is 5.32 Å². The summed E-state index contributed by atoms with van der Waals surface area (Å²) in [5, 5.41) is 2.52. The van der Waals surface area contributed by atoms with Crippen LogP contribution in [0.15, 0.2) is 46.9 Å². The predicted molar refractivity (Wildman–Crippen MR) is 102 cm³/mol. The number of amides is 3. The Morgan fingerprint density at radius 3 is 2.37 bits per heavy atom. The van der Waals surface area contributed by atoms with E-state index >= 15 is 0 Å². The van der Waals surface area contributed by atoms with Gasteiger partial charge in [0.15, 0.2) is 0 Å². The smallest absolute Gasteiger partial charge is 0.269 e. The Bertz CT molecular complexity index is 841. The Hall–Kier alpha value is -2.74. The summed E-state index contributed by atoms with van der Waals surface area (Å²) in [6.07, 6.45) is 0.824. The molecular weight excluding hydrogens is 417 g/mol. The lowest BCUT2D eigenvalue weighted by Gasteiger charge is -2.09. The van der Waals surface area contributed by atoms with Gasteiger partial charge in [-0.05, 0) is 58.2 Å². The van der Waals surface area contributed by atoms with E-state index < -0.39 is 23.5 Å². The molecule has 0 spiro atoms. The summed E-state index contributed by atoms with van der Waals surface area (Å²) in [4.78, 5) is 35.7. The molecule has 2 aromatic rings. The molecule has 0 aliphatic carbocycles. The topological polar surface area (TPSA) is 87.3 Å². The molecule has 0 radical (unpaired) electrons. The second-order valence-electron chi connectivity index (χ2n) is 5.68. The Morgan fingerprint density at radius 1 is 1.00 bits per heavy atom. The molecule has 27 heavy (non-hydrogen) atoms. The molecule has 6 nitrogen and oxygen atoms in total. The van der Waals surface area contributed by atoms with Crippen molar-refractivity contribution in [3.8, 4) is 0 Å². The molecule has 0 unspecified atom stereocenters. The van der Waals surface area contributed by atoms with E-state index in [4.69, 9.17) is 0 Å². The molecular formula is C19H19BrFN3O3. The highest BCUT2D eigenvalue weighted by atomic mass is 79.9. The van der Waals surface area contributed by atoms with Crippen LogP contribution in [0.25, 0.3) is 0 Å². The van der Waals surface area contributed by atoms with Crippen molar-refractivity contribution in [2.45, 2.75) is 19.8 Å². The molecule has 0 heterocycles. The molecule has 2 rings (SSSR count). The van der Waals surface area contributed by atoms with Crippen molar-refractivity contribution >= 4 is 33.7 Å². The van der Waals surface area contributed by atoms with Gasteiger partial charge in [-0.25, -0.2) is 4.39 Å². The number of rotatable bonds is 6. The van der Waals surface area contributed by atoms with Gasteiger partial charge in [-0.3, -0.25) is 25.2 Å². The van der Waals surface area contributed by atoms with Crippen molar-refractivity contribution in [2.75, 3.05) is 6.54 Å². The maximum absolute atomic E-state index is 13.2. The molecule has 0 aliphatic heterocycles. The number of halogens is 2. The SMILES string of the molecule is CCc1ccc(C(=O)NNC(=O)CCNC(=O)c2cc(F)ccc2Br)cc1. The first-order chi connectivity index (χ1) is 12.9. The summed E-state index contributed by atoms with van der Waals surface area (Å²) in [7, 11) is 0. The molecule has 0 saturated heterocycles. The minimum Gasteiger partial charge on any atom is -0.351 e. The third-order valence-corrected chi connectivity index (χ3v) is 4.44. The van der Waals surface area contributed by atoms with Crippen molar-refractivity contribution in [3.63, 3.8) is 0 Å². The average Bonchev–Trinajstić information content (AvgIpc) is 2.67. The van der Waals surface area contributed by atoms with Gasteiger partial charge in [-0.15, -0.1) is 0 Å². The van der Waals surface area contributed by atoms with Crippen molar-refractivity contribution < 1.29 is 18.8 Å². The molecule has 0 aliphatic rings. The van der Waals surface area contributed by atoms with Gasteiger partial charge in [0.1, 0.15) is 5.82 Å². The van der Waals surface area contributed by atoms with E-state index in [0.29, 0.717) is 10.0 Å². The zero-order valence-corrected chi connectivity index (χ0v) is 16.2. The number of hydrogen-bond donors (Lipinski definition) is 3. The first kappa shape index (κ1) is 20.6. The van der Waals surface area contributed by atoms with Gasteiger partial charge in [0.2, 0.25) is 5.91 Å². The zero-order chi connectivity index (χ0) is 19.8. The van der Waals surface area contributed by atoms with Crippen LogP contribution in [0.2, 0.25) is 0 Å². The first-order valence-corrected chi connectivity index (χ1v) is 9.11. The standard InChI is InChI=1S/C19H19BrFN3O3/c1-2-12-3-5-13(6-4-12)18(26)24-23-17(25)9-10-22-19(27)15-11-14(21)7-8-16(15)20/h3-8,11H,2,9-10H2,1H3,(H,22,27)(H,23,25)(H,24,26). The van der Waals surface area contributed by atoms with E-state index in [2.05, 4.69) is 32.1 Å². The zero-order valence-electron chi connectivity index (χ0n) is 14.6. The normalized spacial score (nSPS) is 10.2. The van der Waals surface area contributed by atoms with Crippen molar-refractivity contribution in [3.05, 3.63) is 69.4 Å². The largest absolute Gasteiger partial charge is 0.351 e. The van der Waals surface area contributed by atoms with Crippen LogP contribution in [0.5, 0.6) is 0 Å². The van der Waals surface area contributed by atoms with Gasteiger partial charge in [0, 0.05) is 23.0 Å². The van der Waals surface area contributed by atoms with Crippen LogP contribution in [-0.2, 0) is 11.2 Å². The third-order valence-electron chi connectivity index (χ3n) is 3.75. The Kier molecular flexibility index (Phi) is 7.48. The lowest BCUT2D eigenvalue weighted by molar-refractivity contribution is -0.121. The lowest BCUT2D eigenvalue weighted by Crippen LogP contribution is -2.42. The van der Waals surface area contributed by atoms with Crippen LogP contribution >= 0.6 is 15.9 Å². The molecule has 0 fully saturated rings. The Morgan fingerprint density at radius 2 is 1.70 bits per heavy atom. The van der Waals surface area contributed by atoms with Crippen molar-refractivity contribution in [2.24, 2.45) is 0 Å². The van der Waals surface area contributed by atoms with Gasteiger partial charge in [0.25, 0.3) is 11.8 Å². The third kappa shape index (κ3) is 6.18. The van der Waals surface area contributed by atoms with Crippen LogP contribution < -0.4 is 16.2 Å². The number of aryl methyl sites for hydroxylation is 1. The first-order valence-electron chi connectivity index (χ1n) is 8.32. The quantitative estimate of drug-likeness (QED) is 0.609. The highest BCUT2D eigenvalue weighted by Gasteiger charge is 2.12. The molecule has 0 aromatic heterocycles. The fourth-order valence-corrected chi connectivity index (χ4v) is 2.64. The average molecular weight is 436 g/mol. The van der Waals surface area contributed by atoms with E-state index in [9.17, 15) is 18.8 Å². The number of carbonyl (C=O) groups excluding carboxylic acids is 3. The maximum Gasteiger partial charge on any atom is 0.269 e. The summed E-state index contributed by atoms with van der Waals surface area (Å²) < 4.78 is 13.7. The molecule has 3 N–H and O–H groups in total. The predicted octanol–water partition coefficient (Wildman–Crippen LogP) is 2.73. The van der Waals surface area contributed by atoms with E-state index in [1.165, 1.54) is 12.1 Å². The number of hydrogen-bond acceptors (Lipinski definition) is 3. The minimum atomic E-state index is -0.532. The van der Waals surface area contributed by atoms with E-state index in [1.54, 1.807) is 12.1 Å². The molecule has 0 bridgehead atoms. The number of nitrogens with one attached hydrogen (secondary N) is 3. The molecule has 0 atom stereocenters. The van der Waals surface area contributed by atoms with Crippen LogP contribution in [0.3, 0.4) is 0 Å². The highest BCUT2D eigenvalue weighted by molar-refractivity contribution is 9.10. The molecule has 142 valence electrons. The molecule has 2 aromatic carbocycles. The maximum atomic E-state index is 13.2. The fraction of sp³-hybridized carbons (Fsp3) is 0.211. The monoisotopic (exact) mass is 435 g/mol. The van der Waals surface area contributed by atoms with Crippen LogP contribution in [0, 0.1) is 5.82 Å². The van der Waals surface area contributed by atoms with Gasteiger partial charge in [-0.1, -0.05) is 19.1 Å². The summed E-state index contributed by atoms with van der Waals surface area (Å²) in [5.74, 6) is -1.93. The molecule has 8 heteroatoms. The highest BCUT2D eigenvalue weighted by Crippen LogP contribution is 2.17. The van der Waals surface area contributed by atoms with Crippen LogP contribution in [0.4, 0.5) is 4.39 Å². The Labute approximate surface area is 164 Å². The summed E-state index contributed by atoms with van der Waals surface area (Å²) in [6.45, 7) is 2.05. The van der Waals surface area contributed by atoms with Crippen molar-refractivity contribution in [1.29, 1.82) is 0 Å². The van der Waals surface area contributed by atoms with Crippen LogP contribution in [-0.4, -0.2) is 24.3 Å². The number of hydrazine groups is 1. The van der Waals surface area contributed by atoms with Crippen molar-refractivity contribution in [1.82, 2.24) is 16.2 Å². The van der Waals surface area contributed by atoms with Crippen LogP contribution in [0.1, 0.15) is 39.6 Å². The molecule has 0 saturated carbocycles. The Balaban J connectivity index is 1.75.